The van der Waals surface area contributed by atoms with Gasteiger partial charge in [0.2, 0.25) is 23.6 Å². The summed E-state index contributed by atoms with van der Waals surface area (Å²) in [5.74, 6) is 1.55. The predicted molar refractivity (Wildman–Crippen MR) is 276 cm³/mol. The molecule has 0 radical (unpaired) electrons. The summed E-state index contributed by atoms with van der Waals surface area (Å²) in [5, 5.41) is 30.4. The maximum absolute atomic E-state index is 14.3. The van der Waals surface area contributed by atoms with Gasteiger partial charge in [-0.05, 0) is 93.1 Å². The van der Waals surface area contributed by atoms with E-state index in [4.69, 9.17) is 21.3 Å². The van der Waals surface area contributed by atoms with Crippen LogP contribution in [0.1, 0.15) is 116 Å². The quantitative estimate of drug-likeness (QED) is 0.0864. The molecule has 1 saturated heterocycles. The fraction of sp³-hybridized carbons (Fsp3) is 0.407. The fourth-order valence-corrected chi connectivity index (χ4v) is 11.1. The van der Waals surface area contributed by atoms with Crippen molar-refractivity contribution in [2.24, 2.45) is 10.4 Å². The number of carbonyl (C=O) groups is 4. The van der Waals surface area contributed by atoms with Gasteiger partial charge in [0.05, 0.1) is 30.7 Å². The van der Waals surface area contributed by atoms with Crippen molar-refractivity contribution in [3.05, 3.63) is 140 Å². The molecule has 16 nitrogen and oxygen atoms in total. The number of hydrogen-bond donors (Lipinski definition) is 4. The van der Waals surface area contributed by atoms with Crippen molar-refractivity contribution in [1.82, 2.24) is 45.2 Å². The van der Waals surface area contributed by atoms with Crippen LogP contribution >= 0.6 is 22.9 Å². The summed E-state index contributed by atoms with van der Waals surface area (Å²) >= 11 is 7.93. The lowest BCUT2D eigenvalue weighted by Crippen LogP contribution is -2.58. The minimum Gasteiger partial charge on any atom is -0.490 e. The second-order valence-corrected chi connectivity index (χ2v) is 22.0. The smallest absolute Gasteiger partial charge is 0.246 e. The molecule has 72 heavy (non-hydrogen) atoms. The molecule has 0 bridgehead atoms. The molecule has 4 N–H and O–H groups in total. The molecule has 2 aliphatic heterocycles. The van der Waals surface area contributed by atoms with E-state index in [0.29, 0.717) is 29.4 Å². The Morgan fingerprint density at radius 3 is 2.26 bits per heavy atom. The molecule has 18 heteroatoms. The Hall–Kier alpha value is -6.69. The summed E-state index contributed by atoms with van der Waals surface area (Å²) in [4.78, 5) is 67.4. The number of β-amino-alcohol motifs (C(OH)–C–C–N with tert-alkyl or cyclic N) is 1. The number of imidazole rings is 1. The number of halogens is 1. The Labute approximate surface area is 428 Å². The van der Waals surface area contributed by atoms with Gasteiger partial charge < -0.3 is 35.3 Å². The van der Waals surface area contributed by atoms with Crippen LogP contribution < -0.4 is 20.7 Å². The Kier molecular flexibility index (Phi) is 14.3. The lowest BCUT2D eigenvalue weighted by Gasteiger charge is -2.36. The Morgan fingerprint density at radius 1 is 0.889 bits per heavy atom. The molecule has 5 atom stereocenters. The summed E-state index contributed by atoms with van der Waals surface area (Å²) in [5.41, 5.74) is 5.67. The van der Waals surface area contributed by atoms with Crippen LogP contribution in [0.15, 0.2) is 90.2 Å². The Balaban J connectivity index is 0.768. The number of carbonyl (C=O) groups excluding carboxylic acids is 4. The van der Waals surface area contributed by atoms with Gasteiger partial charge in [-0.25, -0.2) is 4.98 Å². The Morgan fingerprint density at radius 2 is 1.60 bits per heavy atom. The average Bonchev–Trinajstić information content (AvgIpc) is 4.10. The van der Waals surface area contributed by atoms with Gasteiger partial charge in [0, 0.05) is 71.0 Å². The molecule has 376 valence electrons. The number of nitrogens with zero attached hydrogens (tertiary/aromatic N) is 7. The van der Waals surface area contributed by atoms with Crippen LogP contribution in [-0.4, -0.2) is 101 Å². The van der Waals surface area contributed by atoms with E-state index in [-0.39, 0.29) is 61.7 Å². The minimum atomic E-state index is -0.962. The van der Waals surface area contributed by atoms with Gasteiger partial charge >= 0.3 is 0 Å². The summed E-state index contributed by atoms with van der Waals surface area (Å²) in [6.07, 6.45) is 4.07. The second kappa shape index (κ2) is 20.4. The van der Waals surface area contributed by atoms with Gasteiger partial charge in [-0.2, -0.15) is 0 Å². The van der Waals surface area contributed by atoms with Crippen molar-refractivity contribution in [2.45, 2.75) is 130 Å². The zero-order chi connectivity index (χ0) is 51.2. The van der Waals surface area contributed by atoms with Gasteiger partial charge in [0.25, 0.3) is 0 Å². The third-order valence-corrected chi connectivity index (χ3v) is 15.4. The van der Waals surface area contributed by atoms with Crippen molar-refractivity contribution in [3.63, 3.8) is 0 Å². The predicted octanol–water partition coefficient (Wildman–Crippen LogP) is 7.32. The van der Waals surface area contributed by atoms with Crippen molar-refractivity contribution < 1.29 is 29.0 Å². The normalized spacial score (nSPS) is 20.3. The summed E-state index contributed by atoms with van der Waals surface area (Å²) in [7, 11) is 0. The number of aliphatic hydroxyl groups is 1. The fourth-order valence-electron chi connectivity index (χ4n) is 9.74. The van der Waals surface area contributed by atoms with Crippen LogP contribution in [0.25, 0.3) is 10.7 Å². The number of aryl methyl sites for hydroxylation is 3. The van der Waals surface area contributed by atoms with Crippen LogP contribution in [0.2, 0.25) is 5.02 Å². The first-order chi connectivity index (χ1) is 34.3. The lowest BCUT2D eigenvalue weighted by atomic mass is 9.85. The van der Waals surface area contributed by atoms with E-state index in [0.717, 1.165) is 55.9 Å². The zero-order valence-electron chi connectivity index (χ0n) is 41.8. The molecular formula is C54H61ClN10O6S. The third kappa shape index (κ3) is 10.6. The van der Waals surface area contributed by atoms with E-state index >= 15 is 0 Å². The molecule has 0 spiro atoms. The van der Waals surface area contributed by atoms with E-state index in [1.165, 1.54) is 9.78 Å². The van der Waals surface area contributed by atoms with Crippen molar-refractivity contribution in [3.8, 4) is 16.4 Å². The molecule has 3 aromatic carbocycles. The number of hydrogen-bond acceptors (Lipinski definition) is 11. The van der Waals surface area contributed by atoms with E-state index in [1.54, 1.807) is 17.5 Å². The van der Waals surface area contributed by atoms with E-state index in [2.05, 4.69) is 45.0 Å². The monoisotopic (exact) mass is 1010 g/mol. The molecule has 6 aromatic rings. The molecule has 5 heterocycles. The lowest BCUT2D eigenvalue weighted by molar-refractivity contribution is -0.144. The highest BCUT2D eigenvalue weighted by Gasteiger charge is 2.45. The maximum Gasteiger partial charge on any atom is 0.246 e. The molecule has 4 amide bonds. The molecule has 2 fully saturated rings. The van der Waals surface area contributed by atoms with Crippen molar-refractivity contribution >= 4 is 52.3 Å². The highest BCUT2D eigenvalue weighted by molar-refractivity contribution is 7.15. The Bertz CT molecular complexity index is 3020. The third-order valence-electron chi connectivity index (χ3n) is 13.9. The highest BCUT2D eigenvalue weighted by atomic mass is 35.5. The van der Waals surface area contributed by atoms with Gasteiger partial charge in [-0.3, -0.25) is 28.7 Å². The second-order valence-electron chi connectivity index (χ2n) is 20.3. The number of ether oxygens (including phenoxy) is 1. The van der Waals surface area contributed by atoms with Crippen molar-refractivity contribution in [1.29, 1.82) is 0 Å². The van der Waals surface area contributed by atoms with Crippen LogP contribution in [0.4, 0.5) is 0 Å². The standard InChI is InChI=1S/C54H61ClN10O6S/c1-29-31(3)72-53-47(29)48(36-11-15-37(55)16-12-36)59-43(50-62-61-33(5)65(50)53)27-46(68)58-38-24-42(25-38)71-41-19-9-34(10-20-41)23-45(67)60-49(54(6,7)8)52(70)64-28-40(66)26-44(64)51(69)57-30(2)35-13-17-39(18-14-35)63-22-21-56-32(63)4/h9-22,30,38,40,42-44,49,66H,23-28H2,1-8H3,(H,57,69)(H,58,68)(H,60,67)/t30-,38?,40+,42?,43-,44-,49+/m0/s1. The SMILES string of the molecule is Cc1sc2c(c1C)C(c1ccc(Cl)cc1)=N[C@@H](CC(=O)NC1CC(Oc3ccc(CC(=O)N[C@H](C(=O)N4C[C@H](O)C[C@H]4C(=O)N[C@@H](C)c4ccc(-n5ccnc5C)cc4)C(C)(C)C)cc3)C1)c1nnc(C)n1-2. The van der Waals surface area contributed by atoms with Crippen LogP contribution in [0.5, 0.6) is 5.75 Å². The number of likely N-dealkylation sites (tertiary alicyclic amines) is 1. The molecule has 1 aliphatic carbocycles. The van der Waals surface area contributed by atoms with Gasteiger partial charge in [-0.15, -0.1) is 21.5 Å². The number of aliphatic imine (C=N–C) groups is 1. The van der Waals surface area contributed by atoms with Crippen LogP contribution in [0, 0.1) is 33.1 Å². The molecular weight excluding hydrogens is 952 g/mol. The summed E-state index contributed by atoms with van der Waals surface area (Å²) in [6.45, 7) is 15.5. The largest absolute Gasteiger partial charge is 0.490 e. The summed E-state index contributed by atoms with van der Waals surface area (Å²) in [6, 6.07) is 19.8. The topological polar surface area (TPSA) is 198 Å². The van der Waals surface area contributed by atoms with Gasteiger partial charge in [0.15, 0.2) is 5.82 Å². The minimum absolute atomic E-state index is 0.0104. The number of benzene rings is 3. The highest BCUT2D eigenvalue weighted by Crippen LogP contribution is 2.40. The first-order valence-electron chi connectivity index (χ1n) is 24.4. The van der Waals surface area contributed by atoms with E-state index in [1.807, 2.05) is 130 Å². The molecule has 9 rings (SSSR count). The number of amides is 4. The number of fused-ring (bicyclic) bond motifs is 3. The van der Waals surface area contributed by atoms with Crippen LogP contribution in [-0.2, 0) is 25.6 Å². The first-order valence-corrected chi connectivity index (χ1v) is 25.6. The van der Waals surface area contributed by atoms with E-state index < -0.39 is 35.6 Å². The van der Waals surface area contributed by atoms with Crippen molar-refractivity contribution in [2.75, 3.05) is 6.54 Å². The number of aromatic nitrogens is 5. The molecule has 0 unspecified atom stereocenters. The zero-order valence-corrected chi connectivity index (χ0v) is 43.3. The maximum atomic E-state index is 14.3. The summed E-state index contributed by atoms with van der Waals surface area (Å²) < 4.78 is 10.3. The first kappa shape index (κ1) is 50.3. The van der Waals surface area contributed by atoms with Gasteiger partial charge in [0.1, 0.15) is 46.6 Å². The average molecular weight is 1010 g/mol. The molecule has 1 saturated carbocycles. The van der Waals surface area contributed by atoms with Gasteiger partial charge in [-0.1, -0.05) is 68.8 Å². The number of rotatable bonds is 14. The number of thiophene rings is 1. The number of nitrogens with one attached hydrogen (secondary N) is 3. The number of aliphatic hydroxyl groups excluding tert-OH is 1. The molecule has 3 aliphatic rings. The van der Waals surface area contributed by atoms with Crippen LogP contribution in [0.3, 0.4) is 0 Å². The molecule has 3 aromatic heterocycles. The van der Waals surface area contributed by atoms with E-state index in [9.17, 15) is 24.3 Å².